The van der Waals surface area contributed by atoms with Crippen molar-refractivity contribution < 1.29 is 70.5 Å². The lowest BCUT2D eigenvalue weighted by atomic mass is 9.83. The summed E-state index contributed by atoms with van der Waals surface area (Å²) in [6.45, 7) is 20.2. The molecule has 4 N–H and O–H groups in total. The van der Waals surface area contributed by atoms with Crippen LogP contribution in [0.4, 0.5) is 39.8 Å². The molecule has 5 aliphatic heterocycles. The zero-order chi connectivity index (χ0) is 67.4. The minimum atomic E-state index is -1.57. The van der Waals surface area contributed by atoms with E-state index in [1.807, 2.05) is 39.8 Å². The van der Waals surface area contributed by atoms with E-state index < -0.39 is 106 Å². The number of halogens is 3. The first kappa shape index (κ1) is 69.2. The highest BCUT2D eigenvalue weighted by Gasteiger charge is 2.49. The second-order valence-electron chi connectivity index (χ2n) is 27.3. The van der Waals surface area contributed by atoms with Gasteiger partial charge in [0.05, 0.1) is 31.7 Å². The van der Waals surface area contributed by atoms with Gasteiger partial charge in [-0.3, -0.25) is 43.5 Å². The van der Waals surface area contributed by atoms with Crippen LogP contribution in [0.3, 0.4) is 0 Å². The van der Waals surface area contributed by atoms with Gasteiger partial charge in [0, 0.05) is 89.0 Å². The van der Waals surface area contributed by atoms with Crippen LogP contribution in [0.2, 0.25) is 0 Å². The molecule has 0 aliphatic carbocycles. The molecule has 9 rings (SSSR count). The monoisotopic (exact) mass is 1290 g/mol. The van der Waals surface area contributed by atoms with Crippen molar-refractivity contribution in [3.8, 4) is 0 Å². The summed E-state index contributed by atoms with van der Waals surface area (Å²) >= 11 is 0. The molecule has 5 heterocycles. The van der Waals surface area contributed by atoms with Gasteiger partial charge in [-0.15, -0.1) is 0 Å². The molecule has 3 saturated heterocycles. The van der Waals surface area contributed by atoms with Crippen LogP contribution >= 0.6 is 0 Å². The summed E-state index contributed by atoms with van der Waals surface area (Å²) < 4.78 is 67.2. The van der Waals surface area contributed by atoms with Gasteiger partial charge >= 0.3 is 12.2 Å². The molecule has 0 saturated carbocycles. The maximum atomic E-state index is 15.2. The number of morpholine rings is 1. The summed E-state index contributed by atoms with van der Waals surface area (Å²) in [6, 6.07) is 14.7. The largest absolute Gasteiger partial charge is 0.444 e. The molecule has 25 heteroatoms. The lowest BCUT2D eigenvalue weighted by Gasteiger charge is -2.47. The van der Waals surface area contributed by atoms with Crippen LogP contribution in [0.25, 0.3) is 0 Å². The normalized spacial score (nSPS) is 21.8. The third-order valence-corrected chi connectivity index (χ3v) is 17.9. The van der Waals surface area contributed by atoms with E-state index in [0.717, 1.165) is 34.2 Å². The molecule has 7 unspecified atom stereocenters. The molecule has 0 spiro atoms. The highest BCUT2D eigenvalue weighted by atomic mass is 19.1. The van der Waals surface area contributed by atoms with Crippen LogP contribution in [0.5, 0.6) is 0 Å². The molecule has 0 radical (unpaired) electrons. The molecule has 22 nitrogen and oxygen atoms in total. The topological polar surface area (TPSA) is 241 Å². The van der Waals surface area contributed by atoms with Crippen molar-refractivity contribution in [3.63, 3.8) is 0 Å². The van der Waals surface area contributed by atoms with Gasteiger partial charge in [0.1, 0.15) is 52.5 Å². The molecule has 93 heavy (non-hydrogen) atoms. The standard InChI is InChI=1S/C68H87F3N10O12/c1-40-33-78(49(35-77-25-28-91-38-41(77)2)36-79(40)65(89)93-67(7,8)9)37-56(83)81-39-68(10,51-22-17-44(30-54(51)81)29-43-15-19-47(69)20-16-43)63(87)72-32-55(82)73-48-21-18-46-34-80(59(50(46)31-48)61(85)75-58-52(70)13-12-14-53(58)71)62(86)57(45-23-26-90-27-24-45)74-60(84)42(3)76(11)64(88)92-66(4,5)6/h12-22,30-31,40-42,45,49,57,59H,23-29,32-39H2,1-11H3,(H,72,87)(H,73,82)(H,74,84)(H,75,85). The minimum absolute atomic E-state index is 0.0611. The Bertz CT molecular complexity index is 3450. The Kier molecular flexibility index (Phi) is 21.3. The Morgan fingerprint density at radius 2 is 1.45 bits per heavy atom. The van der Waals surface area contributed by atoms with Gasteiger partial charge in [-0.1, -0.05) is 36.4 Å². The smallest absolute Gasteiger partial charge is 0.410 e. The number of carbonyl (C=O) groups is 8. The third kappa shape index (κ3) is 16.4. The van der Waals surface area contributed by atoms with Crippen molar-refractivity contribution in [2.24, 2.45) is 5.92 Å². The van der Waals surface area contributed by atoms with E-state index in [1.54, 1.807) is 61.8 Å². The van der Waals surface area contributed by atoms with Gasteiger partial charge in [-0.2, -0.15) is 0 Å². The number of ether oxygens (including phenoxy) is 4. The SMILES string of the molecule is CC1COCCN1CC1CN(C(=O)OC(C)(C)C)C(C)CN1CC(=O)N1CC(C)(C(=O)NCC(=O)Nc2ccc3c(c2)C(C(=O)Nc2c(F)cccc2F)N(C(=O)C(NC(=O)C(C)N(C)C(=O)OC(C)(C)C)C2CCOCC2)C3)c2ccc(Cc3ccc(F)cc3)cc21. The number of carbonyl (C=O) groups excluding carboxylic acids is 8. The predicted molar refractivity (Wildman–Crippen MR) is 340 cm³/mol. The molecule has 4 aromatic carbocycles. The predicted octanol–water partition coefficient (Wildman–Crippen LogP) is 7.27. The second-order valence-corrected chi connectivity index (χ2v) is 27.3. The van der Waals surface area contributed by atoms with E-state index in [9.17, 15) is 33.2 Å². The van der Waals surface area contributed by atoms with Gasteiger partial charge in [0.2, 0.25) is 29.5 Å². The molecule has 5 aliphatic rings. The number of piperazine rings is 1. The zero-order valence-corrected chi connectivity index (χ0v) is 54.9. The summed E-state index contributed by atoms with van der Waals surface area (Å²) in [5, 5.41) is 10.7. The van der Waals surface area contributed by atoms with Crippen LogP contribution in [-0.4, -0.2) is 193 Å². The minimum Gasteiger partial charge on any atom is -0.444 e. The number of hydrogen-bond donors (Lipinski definition) is 4. The van der Waals surface area contributed by atoms with E-state index in [2.05, 4.69) is 38.0 Å². The number of fused-ring (bicyclic) bond motifs is 2. The molecular formula is C68H87F3N10O12. The molecule has 3 fully saturated rings. The average Bonchev–Trinajstić information content (AvgIpc) is 1.61. The first-order chi connectivity index (χ1) is 43.9. The Balaban J connectivity index is 0.947. The number of benzene rings is 4. The quantitative estimate of drug-likeness (QED) is 0.0813. The van der Waals surface area contributed by atoms with E-state index in [4.69, 9.17) is 18.9 Å². The Hall–Kier alpha value is -8.13. The molecule has 0 aromatic heterocycles. The van der Waals surface area contributed by atoms with Crippen molar-refractivity contribution in [1.29, 1.82) is 0 Å². The van der Waals surface area contributed by atoms with Crippen LogP contribution in [0, 0.1) is 23.4 Å². The summed E-state index contributed by atoms with van der Waals surface area (Å²) in [5.74, 6) is -7.02. The number of likely N-dealkylation sites (N-methyl/N-ethyl adjacent to an activating group) is 1. The Morgan fingerprint density at radius 3 is 2.12 bits per heavy atom. The Labute approximate surface area is 541 Å². The fourth-order valence-corrected chi connectivity index (χ4v) is 12.7. The number of para-hydroxylation sites is 1. The number of amides is 8. The second kappa shape index (κ2) is 28.6. The first-order valence-electron chi connectivity index (χ1n) is 31.7. The van der Waals surface area contributed by atoms with Crippen molar-refractivity contribution in [3.05, 3.63) is 124 Å². The van der Waals surface area contributed by atoms with Crippen molar-refractivity contribution in [1.82, 2.24) is 35.1 Å². The van der Waals surface area contributed by atoms with E-state index in [-0.39, 0.29) is 73.9 Å². The lowest BCUT2D eigenvalue weighted by Crippen LogP contribution is -2.64. The van der Waals surface area contributed by atoms with Gasteiger partial charge in [-0.25, -0.2) is 22.8 Å². The van der Waals surface area contributed by atoms with E-state index in [0.29, 0.717) is 75.5 Å². The van der Waals surface area contributed by atoms with Crippen LogP contribution < -0.4 is 26.2 Å². The van der Waals surface area contributed by atoms with Crippen LogP contribution in [-0.2, 0) is 66.1 Å². The zero-order valence-electron chi connectivity index (χ0n) is 54.9. The molecule has 4 aromatic rings. The fourth-order valence-electron chi connectivity index (χ4n) is 12.7. The molecule has 0 bridgehead atoms. The molecule has 502 valence electrons. The summed E-state index contributed by atoms with van der Waals surface area (Å²) in [6.07, 6.45) is -0.153. The molecular weight excluding hydrogens is 1210 g/mol. The van der Waals surface area contributed by atoms with Crippen LogP contribution in [0.1, 0.15) is 116 Å². The summed E-state index contributed by atoms with van der Waals surface area (Å²) in [5.41, 5.74) is -0.379. The number of anilines is 3. The van der Waals surface area contributed by atoms with Crippen molar-refractivity contribution >= 4 is 64.7 Å². The van der Waals surface area contributed by atoms with E-state index in [1.165, 1.54) is 43.1 Å². The fraction of sp³-hybridized carbons (Fsp3) is 0.529. The van der Waals surface area contributed by atoms with Gasteiger partial charge < -0.3 is 54.9 Å². The number of hydrogen-bond acceptors (Lipinski definition) is 14. The number of nitrogens with one attached hydrogen (secondary N) is 4. The lowest BCUT2D eigenvalue weighted by molar-refractivity contribution is -0.144. The summed E-state index contributed by atoms with van der Waals surface area (Å²) in [4.78, 5) is 125. The summed E-state index contributed by atoms with van der Waals surface area (Å²) in [7, 11) is 1.39. The number of rotatable bonds is 17. The molecule has 7 atom stereocenters. The highest BCUT2D eigenvalue weighted by molar-refractivity contribution is 6.05. The van der Waals surface area contributed by atoms with Gasteiger partial charge in [-0.05, 0) is 165 Å². The van der Waals surface area contributed by atoms with Gasteiger partial charge in [0.25, 0.3) is 5.91 Å². The first-order valence-corrected chi connectivity index (χ1v) is 31.7. The maximum absolute atomic E-state index is 15.2. The highest BCUT2D eigenvalue weighted by Crippen LogP contribution is 2.43. The van der Waals surface area contributed by atoms with Crippen LogP contribution in [0.15, 0.2) is 78.9 Å². The maximum Gasteiger partial charge on any atom is 0.410 e. The van der Waals surface area contributed by atoms with E-state index >= 15 is 18.4 Å². The molecule has 8 amide bonds. The Morgan fingerprint density at radius 1 is 0.774 bits per heavy atom. The number of nitrogens with zero attached hydrogens (tertiary/aromatic N) is 6. The third-order valence-electron chi connectivity index (χ3n) is 17.9. The van der Waals surface area contributed by atoms with Crippen molar-refractivity contribution in [2.75, 3.05) is 94.8 Å². The average molecular weight is 1290 g/mol. The van der Waals surface area contributed by atoms with Gasteiger partial charge in [0.15, 0.2) is 0 Å². The van der Waals surface area contributed by atoms with Crippen molar-refractivity contribution in [2.45, 2.75) is 148 Å².